The molecule has 3 atom stereocenters. The molecule has 19 heavy (non-hydrogen) atoms. The molecule has 2 aliphatic carbocycles. The Morgan fingerprint density at radius 3 is 2.68 bits per heavy atom. The summed E-state index contributed by atoms with van der Waals surface area (Å²) in [7, 11) is 0. The average molecular weight is 279 g/mol. The highest BCUT2D eigenvalue weighted by atomic mass is 35.5. The summed E-state index contributed by atoms with van der Waals surface area (Å²) in [5.41, 5.74) is 8.56. The largest absolute Gasteiger partial charge is 0.397 e. The lowest BCUT2D eigenvalue weighted by Crippen LogP contribution is -2.45. The van der Waals surface area contributed by atoms with Crippen molar-refractivity contribution >= 4 is 23.0 Å². The second kappa shape index (κ2) is 4.05. The van der Waals surface area contributed by atoms with Crippen LogP contribution in [0, 0.1) is 16.7 Å². The number of nitrogens with two attached hydrogens (primary N) is 1. The van der Waals surface area contributed by atoms with E-state index in [1.165, 1.54) is 19.3 Å². The molecule has 3 heteroatoms. The Morgan fingerprint density at radius 2 is 2.05 bits per heavy atom. The van der Waals surface area contributed by atoms with E-state index in [9.17, 15) is 0 Å². The second-order valence-corrected chi connectivity index (χ2v) is 7.66. The number of halogens is 1. The SMILES string of the molecule is CC12CCC(C1)C(C)(C)C2Nc1cc(Cl)ccc1N. The van der Waals surface area contributed by atoms with E-state index >= 15 is 0 Å². The molecule has 2 fully saturated rings. The van der Waals surface area contributed by atoms with Crippen LogP contribution in [-0.4, -0.2) is 6.04 Å². The molecule has 0 radical (unpaired) electrons. The van der Waals surface area contributed by atoms with E-state index in [0.717, 1.165) is 22.3 Å². The highest BCUT2D eigenvalue weighted by Gasteiger charge is 2.59. The Bertz CT molecular complexity index is 507. The number of hydrogen-bond acceptors (Lipinski definition) is 2. The quantitative estimate of drug-likeness (QED) is 0.779. The lowest BCUT2D eigenvalue weighted by Gasteiger charge is -2.43. The molecule has 3 unspecified atom stereocenters. The fourth-order valence-corrected chi connectivity index (χ4v) is 4.64. The van der Waals surface area contributed by atoms with Crippen LogP contribution in [0.5, 0.6) is 0 Å². The summed E-state index contributed by atoms with van der Waals surface area (Å²) in [4.78, 5) is 0. The smallest absolute Gasteiger partial charge is 0.0591 e. The summed E-state index contributed by atoms with van der Waals surface area (Å²) in [5.74, 6) is 0.829. The van der Waals surface area contributed by atoms with E-state index in [2.05, 4.69) is 26.1 Å². The normalized spacial score (nSPS) is 35.6. The monoisotopic (exact) mass is 278 g/mol. The van der Waals surface area contributed by atoms with Crippen molar-refractivity contribution in [3.8, 4) is 0 Å². The Balaban J connectivity index is 1.92. The maximum Gasteiger partial charge on any atom is 0.0591 e. The van der Waals surface area contributed by atoms with Crippen molar-refractivity contribution in [3.63, 3.8) is 0 Å². The molecule has 0 spiro atoms. The third-order valence-corrected chi connectivity index (χ3v) is 5.82. The van der Waals surface area contributed by atoms with Crippen molar-refractivity contribution in [2.24, 2.45) is 16.7 Å². The van der Waals surface area contributed by atoms with Crippen LogP contribution in [0.25, 0.3) is 0 Å². The maximum absolute atomic E-state index is 6.09. The molecule has 1 aromatic carbocycles. The van der Waals surface area contributed by atoms with Gasteiger partial charge in [0.05, 0.1) is 11.4 Å². The first kappa shape index (κ1) is 13.1. The van der Waals surface area contributed by atoms with Crippen molar-refractivity contribution in [2.75, 3.05) is 11.1 Å². The summed E-state index contributed by atoms with van der Waals surface area (Å²) >= 11 is 6.09. The van der Waals surface area contributed by atoms with Gasteiger partial charge in [-0.2, -0.15) is 0 Å². The number of nitrogen functional groups attached to an aromatic ring is 1. The fraction of sp³-hybridized carbons (Fsp3) is 0.625. The molecule has 3 N–H and O–H groups in total. The summed E-state index contributed by atoms with van der Waals surface area (Å²) < 4.78 is 0. The standard InChI is InChI=1S/C16H23ClN2/c1-15(2)10-6-7-16(3,9-10)14(15)19-13-8-11(17)4-5-12(13)18/h4-5,8,10,14,19H,6-7,9,18H2,1-3H3. The lowest BCUT2D eigenvalue weighted by molar-refractivity contribution is 0.155. The summed E-state index contributed by atoms with van der Waals surface area (Å²) in [6, 6.07) is 6.14. The number of rotatable bonds is 2. The van der Waals surface area contributed by atoms with E-state index in [4.69, 9.17) is 17.3 Å². The highest BCUT2D eigenvalue weighted by Crippen LogP contribution is 2.63. The Labute approximate surface area is 120 Å². The van der Waals surface area contributed by atoms with Gasteiger partial charge in [0, 0.05) is 11.1 Å². The van der Waals surface area contributed by atoms with Gasteiger partial charge in [-0.3, -0.25) is 0 Å². The van der Waals surface area contributed by atoms with E-state index in [-0.39, 0.29) is 0 Å². The summed E-state index contributed by atoms with van der Waals surface area (Å²) in [6.07, 6.45) is 4.02. The first-order valence-electron chi connectivity index (χ1n) is 7.14. The van der Waals surface area contributed by atoms with Crippen LogP contribution in [-0.2, 0) is 0 Å². The molecule has 2 saturated carbocycles. The van der Waals surface area contributed by atoms with Crippen LogP contribution in [0.2, 0.25) is 5.02 Å². The maximum atomic E-state index is 6.09. The molecule has 2 bridgehead atoms. The number of nitrogens with one attached hydrogen (secondary N) is 1. The molecule has 0 saturated heterocycles. The van der Waals surface area contributed by atoms with Crippen LogP contribution in [0.4, 0.5) is 11.4 Å². The molecule has 0 aromatic heterocycles. The second-order valence-electron chi connectivity index (χ2n) is 7.22. The van der Waals surface area contributed by atoms with Gasteiger partial charge < -0.3 is 11.1 Å². The van der Waals surface area contributed by atoms with E-state index in [0.29, 0.717) is 16.9 Å². The molecule has 1 aromatic rings. The van der Waals surface area contributed by atoms with Crippen molar-refractivity contribution in [3.05, 3.63) is 23.2 Å². The van der Waals surface area contributed by atoms with Gasteiger partial charge in [0.15, 0.2) is 0 Å². The zero-order chi connectivity index (χ0) is 13.8. The molecule has 104 valence electrons. The lowest BCUT2D eigenvalue weighted by atomic mass is 9.68. The van der Waals surface area contributed by atoms with Gasteiger partial charge in [-0.05, 0) is 54.2 Å². The molecule has 0 heterocycles. The molecule has 2 nitrogen and oxygen atoms in total. The minimum absolute atomic E-state index is 0.321. The van der Waals surface area contributed by atoms with Gasteiger partial charge in [-0.1, -0.05) is 32.4 Å². The first-order chi connectivity index (χ1) is 8.83. The van der Waals surface area contributed by atoms with Crippen LogP contribution in [0.3, 0.4) is 0 Å². The zero-order valence-electron chi connectivity index (χ0n) is 12.0. The topological polar surface area (TPSA) is 38.0 Å². The number of benzene rings is 1. The summed E-state index contributed by atoms with van der Waals surface area (Å²) in [5, 5.41) is 4.44. The van der Waals surface area contributed by atoms with Gasteiger partial charge in [0.1, 0.15) is 0 Å². The van der Waals surface area contributed by atoms with Gasteiger partial charge in [0.2, 0.25) is 0 Å². The van der Waals surface area contributed by atoms with Gasteiger partial charge in [-0.15, -0.1) is 0 Å². The summed E-state index contributed by atoms with van der Waals surface area (Å²) in [6.45, 7) is 7.20. The third kappa shape index (κ3) is 1.92. The molecular formula is C16H23ClN2. The van der Waals surface area contributed by atoms with Gasteiger partial charge in [-0.25, -0.2) is 0 Å². The zero-order valence-corrected chi connectivity index (χ0v) is 12.7. The first-order valence-corrected chi connectivity index (χ1v) is 7.52. The van der Waals surface area contributed by atoms with Gasteiger partial charge >= 0.3 is 0 Å². The van der Waals surface area contributed by atoms with Crippen LogP contribution < -0.4 is 11.1 Å². The van der Waals surface area contributed by atoms with Crippen LogP contribution in [0.1, 0.15) is 40.0 Å². The third-order valence-electron chi connectivity index (χ3n) is 5.58. The Hall–Kier alpha value is -0.890. The predicted octanol–water partition coefficient (Wildman–Crippen LogP) is 4.55. The molecule has 2 aliphatic rings. The van der Waals surface area contributed by atoms with Crippen molar-refractivity contribution in [1.29, 1.82) is 0 Å². The van der Waals surface area contributed by atoms with E-state index in [1.54, 1.807) is 0 Å². The predicted molar refractivity (Wildman–Crippen MR) is 82.5 cm³/mol. The number of anilines is 2. The van der Waals surface area contributed by atoms with Crippen molar-refractivity contribution < 1.29 is 0 Å². The average Bonchev–Trinajstić information content (AvgIpc) is 2.80. The van der Waals surface area contributed by atoms with Crippen molar-refractivity contribution in [1.82, 2.24) is 0 Å². The van der Waals surface area contributed by atoms with E-state index < -0.39 is 0 Å². The van der Waals surface area contributed by atoms with Crippen LogP contribution in [0.15, 0.2) is 18.2 Å². The molecular weight excluding hydrogens is 256 g/mol. The Kier molecular flexibility index (Phi) is 2.79. The van der Waals surface area contributed by atoms with E-state index in [1.807, 2.05) is 18.2 Å². The number of fused-ring (bicyclic) bond motifs is 2. The van der Waals surface area contributed by atoms with Crippen LogP contribution >= 0.6 is 11.6 Å². The molecule has 3 rings (SSSR count). The fourth-order valence-electron chi connectivity index (χ4n) is 4.47. The van der Waals surface area contributed by atoms with Gasteiger partial charge in [0.25, 0.3) is 0 Å². The Morgan fingerprint density at radius 1 is 1.32 bits per heavy atom. The minimum atomic E-state index is 0.321. The molecule has 0 aliphatic heterocycles. The van der Waals surface area contributed by atoms with Crippen molar-refractivity contribution in [2.45, 2.75) is 46.1 Å². The molecule has 0 amide bonds. The minimum Gasteiger partial charge on any atom is -0.397 e. The highest BCUT2D eigenvalue weighted by molar-refractivity contribution is 6.31. The number of hydrogen-bond donors (Lipinski definition) is 2.